The minimum Gasteiger partial charge on any atom is -0.440 e. The van der Waals surface area contributed by atoms with Crippen molar-refractivity contribution < 1.29 is 9.53 Å². The highest BCUT2D eigenvalue weighted by Gasteiger charge is 2.29. The summed E-state index contributed by atoms with van der Waals surface area (Å²) in [5, 5.41) is 0. The number of amides is 1. The summed E-state index contributed by atoms with van der Waals surface area (Å²) in [7, 11) is 0. The topological polar surface area (TPSA) is 29.5 Å². The van der Waals surface area contributed by atoms with Gasteiger partial charge in [-0.1, -0.05) is 24.8 Å². The van der Waals surface area contributed by atoms with Gasteiger partial charge < -0.3 is 4.74 Å². The van der Waals surface area contributed by atoms with E-state index in [0.29, 0.717) is 6.54 Å². The molecule has 0 spiro atoms. The predicted octanol–water partition coefficient (Wildman–Crippen LogP) is 2.20. The summed E-state index contributed by atoms with van der Waals surface area (Å²) >= 11 is 0. The highest BCUT2D eigenvalue weighted by molar-refractivity contribution is 5.89. The van der Waals surface area contributed by atoms with Crippen molar-refractivity contribution in [2.24, 2.45) is 0 Å². The van der Waals surface area contributed by atoms with Crippen molar-refractivity contribution in [3.63, 3.8) is 0 Å². The lowest BCUT2D eigenvalue weighted by Gasteiger charge is -2.11. The van der Waals surface area contributed by atoms with Crippen LogP contribution in [-0.2, 0) is 4.74 Å². The van der Waals surface area contributed by atoms with E-state index in [9.17, 15) is 4.79 Å². The van der Waals surface area contributed by atoms with Gasteiger partial charge >= 0.3 is 6.09 Å². The van der Waals surface area contributed by atoms with Crippen LogP contribution in [0.4, 0.5) is 10.5 Å². The van der Waals surface area contributed by atoms with Gasteiger partial charge in [0.25, 0.3) is 0 Å². The van der Waals surface area contributed by atoms with Gasteiger partial charge in [-0.2, -0.15) is 0 Å². The van der Waals surface area contributed by atoms with Crippen molar-refractivity contribution in [3.05, 3.63) is 43.0 Å². The van der Waals surface area contributed by atoms with Gasteiger partial charge in [0.2, 0.25) is 0 Å². The van der Waals surface area contributed by atoms with Gasteiger partial charge in [0.05, 0.1) is 6.54 Å². The van der Waals surface area contributed by atoms with Crippen molar-refractivity contribution in [3.8, 4) is 0 Å². The van der Waals surface area contributed by atoms with Crippen LogP contribution in [0.15, 0.2) is 43.0 Å². The molecule has 3 nitrogen and oxygen atoms in total. The Labute approximate surface area is 82.6 Å². The Hall–Kier alpha value is -1.77. The third-order valence-corrected chi connectivity index (χ3v) is 2.17. The molecule has 0 N–H and O–H groups in total. The summed E-state index contributed by atoms with van der Waals surface area (Å²) < 4.78 is 5.05. The molecular weight excluding hydrogens is 178 g/mol. The highest BCUT2D eigenvalue weighted by atomic mass is 16.6. The van der Waals surface area contributed by atoms with Crippen molar-refractivity contribution in [1.82, 2.24) is 0 Å². The van der Waals surface area contributed by atoms with Crippen LogP contribution in [0.5, 0.6) is 0 Å². The molecule has 1 atom stereocenters. The number of hydrogen-bond acceptors (Lipinski definition) is 2. The number of anilines is 1. The third-order valence-electron chi connectivity index (χ3n) is 2.17. The van der Waals surface area contributed by atoms with E-state index in [1.165, 1.54) is 0 Å². The lowest BCUT2D eigenvalue weighted by Crippen LogP contribution is -2.23. The molecule has 1 unspecified atom stereocenters. The molecule has 1 heterocycles. The van der Waals surface area contributed by atoms with E-state index in [4.69, 9.17) is 4.74 Å². The molecule has 0 radical (unpaired) electrons. The molecule has 2 rings (SSSR count). The fourth-order valence-corrected chi connectivity index (χ4v) is 1.43. The zero-order valence-electron chi connectivity index (χ0n) is 7.72. The van der Waals surface area contributed by atoms with Gasteiger partial charge in [-0.05, 0) is 18.2 Å². The van der Waals surface area contributed by atoms with Crippen LogP contribution >= 0.6 is 0 Å². The van der Waals surface area contributed by atoms with Crippen LogP contribution in [-0.4, -0.2) is 18.7 Å². The summed E-state index contributed by atoms with van der Waals surface area (Å²) in [5.74, 6) is 0. The number of benzene rings is 1. The van der Waals surface area contributed by atoms with Crippen LogP contribution in [0.3, 0.4) is 0 Å². The minimum absolute atomic E-state index is 0.192. The summed E-state index contributed by atoms with van der Waals surface area (Å²) in [6.07, 6.45) is 1.14. The summed E-state index contributed by atoms with van der Waals surface area (Å²) in [5.41, 5.74) is 0.863. The Balaban J connectivity index is 2.21. The van der Waals surface area contributed by atoms with Crippen molar-refractivity contribution >= 4 is 11.8 Å². The maximum atomic E-state index is 11.4. The third kappa shape index (κ3) is 1.48. The second-order valence-electron chi connectivity index (χ2n) is 3.10. The molecule has 1 saturated heterocycles. The Morgan fingerprint density at radius 3 is 2.71 bits per heavy atom. The fourth-order valence-electron chi connectivity index (χ4n) is 1.43. The van der Waals surface area contributed by atoms with Gasteiger partial charge in [-0.15, -0.1) is 0 Å². The second kappa shape index (κ2) is 3.54. The van der Waals surface area contributed by atoms with Crippen LogP contribution in [0.1, 0.15) is 0 Å². The highest BCUT2D eigenvalue weighted by Crippen LogP contribution is 2.20. The first-order valence-electron chi connectivity index (χ1n) is 4.47. The fraction of sp³-hybridized carbons (Fsp3) is 0.182. The molecule has 1 aromatic carbocycles. The standard InChI is InChI=1S/C11H11NO2/c1-2-10-8-12(11(13)14-10)9-6-4-3-5-7-9/h2-7,10H,1,8H2. The molecule has 1 aromatic rings. The number of para-hydroxylation sites is 1. The van der Waals surface area contributed by atoms with Crippen LogP contribution in [0.25, 0.3) is 0 Å². The molecule has 1 aliphatic heterocycles. The van der Waals surface area contributed by atoms with Gasteiger partial charge in [-0.3, -0.25) is 4.90 Å². The van der Waals surface area contributed by atoms with E-state index in [1.807, 2.05) is 30.3 Å². The lowest BCUT2D eigenvalue weighted by molar-refractivity contribution is 0.160. The molecule has 0 aliphatic carbocycles. The monoisotopic (exact) mass is 189 g/mol. The number of nitrogens with zero attached hydrogens (tertiary/aromatic N) is 1. The van der Waals surface area contributed by atoms with Gasteiger partial charge in [-0.25, -0.2) is 4.79 Å². The number of hydrogen-bond donors (Lipinski definition) is 0. The Bertz CT molecular complexity index is 348. The van der Waals surface area contributed by atoms with Crippen LogP contribution in [0, 0.1) is 0 Å². The normalized spacial score (nSPS) is 20.7. The first kappa shape index (κ1) is 8.81. The van der Waals surface area contributed by atoms with Gasteiger partial charge in [0.15, 0.2) is 0 Å². The molecule has 0 saturated carbocycles. The number of rotatable bonds is 2. The zero-order valence-corrected chi connectivity index (χ0v) is 7.72. The Kier molecular flexibility index (Phi) is 2.23. The van der Waals surface area contributed by atoms with E-state index in [0.717, 1.165) is 5.69 Å². The summed E-state index contributed by atoms with van der Waals surface area (Å²) in [6, 6.07) is 9.46. The van der Waals surface area contributed by atoms with Crippen LogP contribution in [0.2, 0.25) is 0 Å². The van der Waals surface area contributed by atoms with E-state index >= 15 is 0 Å². The van der Waals surface area contributed by atoms with Crippen molar-refractivity contribution in [2.45, 2.75) is 6.10 Å². The van der Waals surface area contributed by atoms with Crippen LogP contribution < -0.4 is 4.90 Å². The molecular formula is C11H11NO2. The average molecular weight is 189 g/mol. The predicted molar refractivity (Wildman–Crippen MR) is 54.3 cm³/mol. The molecule has 0 bridgehead atoms. The number of carbonyl (C=O) groups excluding carboxylic acids is 1. The quantitative estimate of drug-likeness (QED) is 0.667. The molecule has 3 heteroatoms. The summed E-state index contributed by atoms with van der Waals surface area (Å²) in [6.45, 7) is 4.15. The Morgan fingerprint density at radius 2 is 2.14 bits per heavy atom. The number of ether oxygens (including phenoxy) is 1. The first-order chi connectivity index (χ1) is 6.81. The summed E-state index contributed by atoms with van der Waals surface area (Å²) in [4.78, 5) is 13.0. The molecule has 1 fully saturated rings. The molecule has 0 aromatic heterocycles. The molecule has 1 amide bonds. The minimum atomic E-state index is -0.305. The zero-order chi connectivity index (χ0) is 9.97. The SMILES string of the molecule is C=CC1CN(c2ccccc2)C(=O)O1. The van der Waals surface area contributed by atoms with E-state index in [-0.39, 0.29) is 12.2 Å². The van der Waals surface area contributed by atoms with E-state index < -0.39 is 0 Å². The van der Waals surface area contributed by atoms with E-state index in [2.05, 4.69) is 6.58 Å². The second-order valence-corrected chi connectivity index (χ2v) is 3.10. The van der Waals surface area contributed by atoms with Crippen molar-refractivity contribution in [1.29, 1.82) is 0 Å². The first-order valence-corrected chi connectivity index (χ1v) is 4.47. The van der Waals surface area contributed by atoms with E-state index in [1.54, 1.807) is 11.0 Å². The lowest BCUT2D eigenvalue weighted by atomic mass is 10.3. The average Bonchev–Trinajstić information content (AvgIpc) is 2.61. The maximum Gasteiger partial charge on any atom is 0.415 e. The smallest absolute Gasteiger partial charge is 0.415 e. The number of carbonyl (C=O) groups is 1. The van der Waals surface area contributed by atoms with Gasteiger partial charge in [0, 0.05) is 5.69 Å². The largest absolute Gasteiger partial charge is 0.440 e. The molecule has 1 aliphatic rings. The van der Waals surface area contributed by atoms with Crippen molar-refractivity contribution in [2.75, 3.05) is 11.4 Å². The molecule has 72 valence electrons. The van der Waals surface area contributed by atoms with Gasteiger partial charge in [0.1, 0.15) is 6.10 Å². The maximum absolute atomic E-state index is 11.4. The Morgan fingerprint density at radius 1 is 1.43 bits per heavy atom. The molecule has 14 heavy (non-hydrogen) atoms. The number of cyclic esters (lactones) is 1.